The van der Waals surface area contributed by atoms with Crippen LogP contribution >= 0.6 is 0 Å². The molecule has 0 bridgehead atoms. The molecule has 156 valence electrons. The molecule has 0 unspecified atom stereocenters. The molecule has 0 aliphatic carbocycles. The number of allylic oxidation sites excluding steroid dienone is 1. The third-order valence-corrected chi connectivity index (χ3v) is 4.86. The third-order valence-electron chi connectivity index (χ3n) is 4.32. The Balaban J connectivity index is 1.99. The average molecular weight is 428 g/mol. The Hall–Kier alpha value is -3.10. The second kappa shape index (κ2) is 9.15. The van der Waals surface area contributed by atoms with Gasteiger partial charge in [-0.15, -0.1) is 0 Å². The van der Waals surface area contributed by atoms with Crippen LogP contribution in [0.1, 0.15) is 16.7 Å². The number of hydrogen-bond acceptors (Lipinski definition) is 5. The van der Waals surface area contributed by atoms with E-state index >= 15 is 0 Å². The molecule has 2 aromatic carbocycles. The van der Waals surface area contributed by atoms with Crippen LogP contribution in [0.2, 0.25) is 0 Å². The molecule has 1 aromatic heterocycles. The fraction of sp³-hybridized carbons (Fsp3) is 0.182. The first-order valence-corrected chi connectivity index (χ1v) is 11.0. The Morgan fingerprint density at radius 2 is 1.87 bits per heavy atom. The smallest absolute Gasteiger partial charge is 0.267 e. The third kappa shape index (κ3) is 5.71. The van der Waals surface area contributed by atoms with E-state index in [0.29, 0.717) is 16.8 Å². The van der Waals surface area contributed by atoms with Crippen LogP contribution < -0.4 is 5.56 Å². The van der Waals surface area contributed by atoms with Gasteiger partial charge in [-0.1, -0.05) is 42.5 Å². The number of benzene rings is 2. The Bertz CT molecular complexity index is 1240. The highest BCUT2D eigenvalue weighted by molar-refractivity contribution is 7.85. The summed E-state index contributed by atoms with van der Waals surface area (Å²) in [4.78, 5) is 12.8. The van der Waals surface area contributed by atoms with E-state index in [1.165, 1.54) is 16.8 Å². The topological polar surface area (TPSA) is 78.3 Å². The molecule has 0 spiro atoms. The zero-order chi connectivity index (χ0) is 21.7. The van der Waals surface area contributed by atoms with E-state index in [4.69, 9.17) is 4.18 Å². The van der Waals surface area contributed by atoms with Crippen molar-refractivity contribution < 1.29 is 17.0 Å². The number of rotatable bonds is 7. The average Bonchev–Trinajstić information content (AvgIpc) is 2.70. The van der Waals surface area contributed by atoms with Crippen molar-refractivity contribution in [2.45, 2.75) is 20.1 Å². The highest BCUT2D eigenvalue weighted by Gasteiger charge is 2.13. The molecule has 1 heterocycles. The summed E-state index contributed by atoms with van der Waals surface area (Å²) in [5, 5.41) is 4.38. The van der Waals surface area contributed by atoms with Gasteiger partial charge in [0.25, 0.3) is 15.7 Å². The molecule has 0 aliphatic heterocycles. The van der Waals surface area contributed by atoms with Gasteiger partial charge in [0.15, 0.2) is 0 Å². The highest BCUT2D eigenvalue weighted by Crippen LogP contribution is 2.20. The summed E-state index contributed by atoms with van der Waals surface area (Å²) in [6.07, 6.45) is 4.56. The quantitative estimate of drug-likeness (QED) is 0.538. The van der Waals surface area contributed by atoms with Gasteiger partial charge in [-0.05, 0) is 42.3 Å². The monoisotopic (exact) mass is 428 g/mol. The van der Waals surface area contributed by atoms with Crippen molar-refractivity contribution in [3.8, 4) is 11.3 Å². The molecule has 0 saturated carbocycles. The Kier molecular flexibility index (Phi) is 6.59. The van der Waals surface area contributed by atoms with Gasteiger partial charge in [-0.2, -0.15) is 13.5 Å². The molecule has 0 saturated heterocycles. The number of hydrogen-bond donors (Lipinski definition) is 0. The summed E-state index contributed by atoms with van der Waals surface area (Å²) >= 11 is 0. The van der Waals surface area contributed by atoms with Crippen LogP contribution in [0.15, 0.2) is 65.5 Å². The van der Waals surface area contributed by atoms with Crippen molar-refractivity contribution in [2.24, 2.45) is 0 Å². The van der Waals surface area contributed by atoms with Crippen LogP contribution in [0.25, 0.3) is 17.3 Å². The van der Waals surface area contributed by atoms with Gasteiger partial charge in [-0.25, -0.2) is 9.07 Å². The van der Waals surface area contributed by atoms with Crippen LogP contribution in [0.5, 0.6) is 0 Å². The highest BCUT2D eigenvalue weighted by atomic mass is 32.2. The molecule has 0 atom stereocenters. The maximum Gasteiger partial charge on any atom is 0.272 e. The Morgan fingerprint density at radius 1 is 1.13 bits per heavy atom. The lowest BCUT2D eigenvalue weighted by molar-refractivity contribution is 0.308. The van der Waals surface area contributed by atoms with Crippen LogP contribution in [0.3, 0.4) is 0 Å². The number of aryl methyl sites for hydroxylation is 1. The molecule has 0 fully saturated rings. The molecular formula is C22H21FN2O4S. The molecule has 8 heteroatoms. The first-order valence-electron chi connectivity index (χ1n) is 9.16. The summed E-state index contributed by atoms with van der Waals surface area (Å²) in [6, 6.07) is 15.5. The van der Waals surface area contributed by atoms with Crippen LogP contribution in [-0.4, -0.2) is 24.5 Å². The van der Waals surface area contributed by atoms with Gasteiger partial charge in [0.2, 0.25) is 0 Å². The minimum atomic E-state index is -3.73. The van der Waals surface area contributed by atoms with Gasteiger partial charge >= 0.3 is 0 Å². The van der Waals surface area contributed by atoms with E-state index < -0.39 is 22.3 Å². The molecule has 0 N–H and O–H groups in total. The Labute approximate surface area is 174 Å². The second-order valence-corrected chi connectivity index (χ2v) is 8.43. The second-order valence-electron chi connectivity index (χ2n) is 6.79. The molecule has 3 rings (SSSR count). The van der Waals surface area contributed by atoms with Gasteiger partial charge in [0.05, 0.1) is 25.1 Å². The maximum atomic E-state index is 13.6. The molecule has 0 amide bonds. The van der Waals surface area contributed by atoms with Crippen molar-refractivity contribution in [1.29, 1.82) is 0 Å². The zero-order valence-electron chi connectivity index (χ0n) is 16.6. The SMILES string of the molecule is Cc1cc(-c2cc(COS(C)(=O)=O)c(=O)n(C/C=C/c3ccccc3)n2)ccc1F. The van der Waals surface area contributed by atoms with E-state index in [1.54, 1.807) is 25.1 Å². The largest absolute Gasteiger partial charge is 0.272 e. The lowest BCUT2D eigenvalue weighted by Crippen LogP contribution is -2.27. The fourth-order valence-electron chi connectivity index (χ4n) is 2.79. The zero-order valence-corrected chi connectivity index (χ0v) is 17.4. The van der Waals surface area contributed by atoms with E-state index in [9.17, 15) is 17.6 Å². The predicted octanol–water partition coefficient (Wildman–Crippen LogP) is 3.55. The van der Waals surface area contributed by atoms with Crippen LogP contribution in [0.4, 0.5) is 4.39 Å². The standard InChI is InChI=1S/C22H21FN2O4S/c1-16-13-18(10-11-20(16)23)21-14-19(15-29-30(2,27)28)22(26)25(24-21)12-6-9-17-7-4-3-5-8-17/h3-11,13-14H,12,15H2,1-2H3/b9-6+. The van der Waals surface area contributed by atoms with E-state index in [1.807, 2.05) is 36.4 Å². The summed E-state index contributed by atoms with van der Waals surface area (Å²) in [5.74, 6) is -0.349. The minimum Gasteiger partial charge on any atom is -0.267 e. The number of aromatic nitrogens is 2. The predicted molar refractivity (Wildman–Crippen MR) is 114 cm³/mol. The van der Waals surface area contributed by atoms with Gasteiger partial charge in [0.1, 0.15) is 5.82 Å². The van der Waals surface area contributed by atoms with Crippen molar-refractivity contribution >= 4 is 16.2 Å². The molecule has 6 nitrogen and oxygen atoms in total. The van der Waals surface area contributed by atoms with Crippen molar-refractivity contribution in [3.63, 3.8) is 0 Å². The molecule has 3 aromatic rings. The van der Waals surface area contributed by atoms with E-state index in [2.05, 4.69) is 5.10 Å². The first kappa shape index (κ1) is 21.6. The van der Waals surface area contributed by atoms with E-state index in [0.717, 1.165) is 11.8 Å². The van der Waals surface area contributed by atoms with E-state index in [-0.39, 0.29) is 17.9 Å². The lowest BCUT2D eigenvalue weighted by atomic mass is 10.1. The summed E-state index contributed by atoms with van der Waals surface area (Å²) < 4.78 is 42.4. The van der Waals surface area contributed by atoms with Gasteiger partial charge < -0.3 is 0 Å². The van der Waals surface area contributed by atoms with Gasteiger partial charge in [-0.3, -0.25) is 8.98 Å². The normalized spacial score (nSPS) is 11.8. The van der Waals surface area contributed by atoms with Crippen LogP contribution in [0, 0.1) is 12.7 Å². The summed E-state index contributed by atoms with van der Waals surface area (Å²) in [5.41, 5.74) is 2.11. The van der Waals surface area contributed by atoms with Crippen LogP contribution in [-0.2, 0) is 27.5 Å². The van der Waals surface area contributed by atoms with Gasteiger partial charge in [0, 0.05) is 11.1 Å². The van der Waals surface area contributed by atoms with Crippen molar-refractivity contribution in [3.05, 3.63) is 93.5 Å². The first-order chi connectivity index (χ1) is 14.2. The number of halogens is 1. The molecule has 0 radical (unpaired) electrons. The summed E-state index contributed by atoms with van der Waals surface area (Å²) in [6.45, 7) is 1.40. The minimum absolute atomic E-state index is 0.139. The summed E-state index contributed by atoms with van der Waals surface area (Å²) in [7, 11) is -3.73. The van der Waals surface area contributed by atoms with Crippen molar-refractivity contribution in [2.75, 3.05) is 6.26 Å². The fourth-order valence-corrected chi connectivity index (χ4v) is 3.13. The molecule has 0 aliphatic rings. The number of nitrogens with zero attached hydrogens (tertiary/aromatic N) is 2. The maximum absolute atomic E-state index is 13.6. The Morgan fingerprint density at radius 3 is 2.53 bits per heavy atom. The molecular weight excluding hydrogens is 407 g/mol. The molecule has 30 heavy (non-hydrogen) atoms. The lowest BCUT2D eigenvalue weighted by Gasteiger charge is -2.10. The van der Waals surface area contributed by atoms with Crippen molar-refractivity contribution in [1.82, 2.24) is 9.78 Å².